The van der Waals surface area contributed by atoms with Gasteiger partial charge in [-0.05, 0) is 37.1 Å². The molecule has 2 N–H and O–H groups in total. The van der Waals surface area contributed by atoms with Gasteiger partial charge in [0.25, 0.3) is 0 Å². The maximum absolute atomic E-state index is 12.4. The van der Waals surface area contributed by atoms with Gasteiger partial charge in [0.2, 0.25) is 10.0 Å². The summed E-state index contributed by atoms with van der Waals surface area (Å²) in [6, 6.07) is 5.22. The number of methoxy groups -OCH3 is 1. The molecule has 0 spiro atoms. The van der Waals surface area contributed by atoms with E-state index >= 15 is 0 Å². The van der Waals surface area contributed by atoms with Crippen LogP contribution in [0.2, 0.25) is 0 Å². The minimum atomic E-state index is -3.51. The van der Waals surface area contributed by atoms with E-state index in [2.05, 4.69) is 10.0 Å². The Morgan fingerprint density at radius 3 is 2.70 bits per heavy atom. The van der Waals surface area contributed by atoms with Crippen LogP contribution < -0.4 is 14.8 Å². The van der Waals surface area contributed by atoms with Crippen LogP contribution in [-0.4, -0.2) is 29.1 Å². The van der Waals surface area contributed by atoms with Crippen LogP contribution in [0.15, 0.2) is 23.1 Å². The highest BCUT2D eigenvalue weighted by atomic mass is 32.2. The van der Waals surface area contributed by atoms with Gasteiger partial charge in [-0.3, -0.25) is 0 Å². The van der Waals surface area contributed by atoms with Gasteiger partial charge >= 0.3 is 0 Å². The van der Waals surface area contributed by atoms with E-state index in [0.717, 1.165) is 12.0 Å². The molecule has 6 heteroatoms. The van der Waals surface area contributed by atoms with Crippen LogP contribution in [-0.2, 0) is 16.6 Å². The van der Waals surface area contributed by atoms with Crippen molar-refractivity contribution in [3.63, 3.8) is 0 Å². The zero-order valence-electron chi connectivity index (χ0n) is 12.0. The average molecular weight is 298 g/mol. The molecule has 1 fully saturated rings. The van der Waals surface area contributed by atoms with Gasteiger partial charge in [0.15, 0.2) is 0 Å². The zero-order valence-corrected chi connectivity index (χ0v) is 12.8. The number of hydrogen-bond acceptors (Lipinski definition) is 4. The molecule has 1 saturated carbocycles. The van der Waals surface area contributed by atoms with E-state index in [1.165, 1.54) is 20.0 Å². The Labute approximate surface area is 120 Å². The first-order valence-electron chi connectivity index (χ1n) is 6.88. The average Bonchev–Trinajstić information content (AvgIpc) is 3.23. The number of ether oxygens (including phenoxy) is 1. The Bertz CT molecular complexity index is 554. The van der Waals surface area contributed by atoms with Gasteiger partial charge in [-0.15, -0.1) is 0 Å². The molecule has 112 valence electrons. The summed E-state index contributed by atoms with van der Waals surface area (Å²) in [6.07, 6.45) is 3.36. The van der Waals surface area contributed by atoms with Crippen LogP contribution in [0, 0.1) is 5.92 Å². The van der Waals surface area contributed by atoms with E-state index in [-0.39, 0.29) is 4.90 Å². The van der Waals surface area contributed by atoms with Crippen molar-refractivity contribution < 1.29 is 13.2 Å². The largest absolute Gasteiger partial charge is 0.495 e. The lowest BCUT2D eigenvalue weighted by Gasteiger charge is -2.12. The quantitative estimate of drug-likeness (QED) is 0.763. The Hall–Kier alpha value is -1.11. The first-order valence-corrected chi connectivity index (χ1v) is 8.36. The van der Waals surface area contributed by atoms with Crippen molar-refractivity contribution in [1.82, 2.24) is 10.0 Å². The maximum atomic E-state index is 12.4. The molecule has 0 atom stereocenters. The van der Waals surface area contributed by atoms with Crippen LogP contribution in [0.5, 0.6) is 5.75 Å². The highest BCUT2D eigenvalue weighted by Crippen LogP contribution is 2.32. The van der Waals surface area contributed by atoms with Crippen molar-refractivity contribution in [2.24, 2.45) is 5.92 Å². The predicted molar refractivity (Wildman–Crippen MR) is 78.3 cm³/mol. The molecule has 0 bridgehead atoms. The summed E-state index contributed by atoms with van der Waals surface area (Å²) in [5.74, 6) is 1.08. The van der Waals surface area contributed by atoms with Crippen LogP contribution in [0.3, 0.4) is 0 Å². The standard InChI is InChI=1S/C14H22N2O3S/c1-15-10-12-5-6-13(19-2)14(9-12)20(17,18)16-8-7-11-3-4-11/h5-6,9,11,15-16H,3-4,7-8,10H2,1-2H3. The fourth-order valence-electron chi connectivity index (χ4n) is 2.13. The molecule has 0 aliphatic heterocycles. The third-order valence-corrected chi connectivity index (χ3v) is 4.92. The lowest BCUT2D eigenvalue weighted by atomic mass is 10.2. The van der Waals surface area contributed by atoms with Crippen LogP contribution in [0.25, 0.3) is 0 Å². The summed E-state index contributed by atoms with van der Waals surface area (Å²) < 4.78 is 32.5. The highest BCUT2D eigenvalue weighted by molar-refractivity contribution is 7.89. The molecule has 0 unspecified atom stereocenters. The van der Waals surface area contributed by atoms with Gasteiger partial charge in [0.1, 0.15) is 10.6 Å². The Balaban J connectivity index is 2.15. The number of nitrogens with one attached hydrogen (secondary N) is 2. The van der Waals surface area contributed by atoms with Crippen molar-refractivity contribution in [2.45, 2.75) is 30.7 Å². The normalized spacial score (nSPS) is 15.3. The van der Waals surface area contributed by atoms with Crippen molar-refractivity contribution >= 4 is 10.0 Å². The lowest BCUT2D eigenvalue weighted by Crippen LogP contribution is -2.25. The SMILES string of the molecule is CNCc1ccc(OC)c(S(=O)(=O)NCCC2CC2)c1. The number of benzene rings is 1. The Kier molecular flexibility index (Phi) is 5.01. The summed E-state index contributed by atoms with van der Waals surface area (Å²) in [7, 11) is -0.206. The second-order valence-corrected chi connectivity index (χ2v) is 6.88. The lowest BCUT2D eigenvalue weighted by molar-refractivity contribution is 0.402. The Morgan fingerprint density at radius 2 is 2.10 bits per heavy atom. The molecular weight excluding hydrogens is 276 g/mol. The van der Waals surface area contributed by atoms with Gasteiger partial charge in [-0.25, -0.2) is 13.1 Å². The molecule has 0 heterocycles. The molecule has 2 rings (SSSR count). The molecule has 0 saturated heterocycles. The van der Waals surface area contributed by atoms with E-state index < -0.39 is 10.0 Å². The van der Waals surface area contributed by atoms with E-state index in [9.17, 15) is 8.42 Å². The molecule has 1 aromatic carbocycles. The monoisotopic (exact) mass is 298 g/mol. The van der Waals surface area contributed by atoms with Gasteiger partial charge in [0, 0.05) is 13.1 Å². The number of rotatable bonds is 8. The van der Waals surface area contributed by atoms with Crippen molar-refractivity contribution in [1.29, 1.82) is 0 Å². The number of sulfonamides is 1. The molecule has 1 aliphatic rings. The topological polar surface area (TPSA) is 67.4 Å². The minimum Gasteiger partial charge on any atom is -0.495 e. The van der Waals surface area contributed by atoms with Crippen LogP contribution in [0.1, 0.15) is 24.8 Å². The van der Waals surface area contributed by atoms with Crippen molar-refractivity contribution in [2.75, 3.05) is 20.7 Å². The minimum absolute atomic E-state index is 0.212. The van der Waals surface area contributed by atoms with Crippen LogP contribution >= 0.6 is 0 Å². The first-order chi connectivity index (χ1) is 9.56. The van der Waals surface area contributed by atoms with E-state index in [1.807, 2.05) is 13.1 Å². The zero-order chi connectivity index (χ0) is 14.6. The van der Waals surface area contributed by atoms with Gasteiger partial charge in [0.05, 0.1) is 7.11 Å². The molecule has 20 heavy (non-hydrogen) atoms. The third kappa shape index (κ3) is 3.94. The molecular formula is C14H22N2O3S. The molecule has 5 nitrogen and oxygen atoms in total. The highest BCUT2D eigenvalue weighted by Gasteiger charge is 2.23. The Morgan fingerprint density at radius 1 is 1.35 bits per heavy atom. The predicted octanol–water partition coefficient (Wildman–Crippen LogP) is 1.49. The fourth-order valence-corrected chi connectivity index (χ4v) is 3.39. The number of hydrogen-bond donors (Lipinski definition) is 2. The second kappa shape index (κ2) is 6.56. The molecule has 0 aromatic heterocycles. The van der Waals surface area contributed by atoms with E-state index in [4.69, 9.17) is 4.74 Å². The second-order valence-electron chi connectivity index (χ2n) is 5.15. The van der Waals surface area contributed by atoms with Crippen molar-refractivity contribution in [3.8, 4) is 5.75 Å². The summed E-state index contributed by atoms with van der Waals surface area (Å²) in [4.78, 5) is 0.212. The summed E-state index contributed by atoms with van der Waals surface area (Å²) in [5, 5.41) is 3.01. The summed E-state index contributed by atoms with van der Waals surface area (Å²) in [6.45, 7) is 1.11. The third-order valence-electron chi connectivity index (χ3n) is 3.44. The fraction of sp³-hybridized carbons (Fsp3) is 0.571. The van der Waals surface area contributed by atoms with Crippen LogP contribution in [0.4, 0.5) is 0 Å². The summed E-state index contributed by atoms with van der Waals surface area (Å²) >= 11 is 0. The van der Waals surface area contributed by atoms with E-state index in [0.29, 0.717) is 24.8 Å². The molecule has 1 aliphatic carbocycles. The van der Waals surface area contributed by atoms with Gasteiger partial charge in [-0.1, -0.05) is 18.9 Å². The molecule has 0 amide bonds. The first kappa shape index (κ1) is 15.3. The van der Waals surface area contributed by atoms with Gasteiger partial charge in [-0.2, -0.15) is 0 Å². The smallest absolute Gasteiger partial charge is 0.244 e. The molecule has 1 aromatic rings. The summed E-state index contributed by atoms with van der Waals surface area (Å²) in [5.41, 5.74) is 0.913. The maximum Gasteiger partial charge on any atom is 0.244 e. The van der Waals surface area contributed by atoms with E-state index in [1.54, 1.807) is 12.1 Å². The van der Waals surface area contributed by atoms with Crippen molar-refractivity contribution in [3.05, 3.63) is 23.8 Å². The van der Waals surface area contributed by atoms with Gasteiger partial charge < -0.3 is 10.1 Å². The molecule has 0 radical (unpaired) electrons.